The topological polar surface area (TPSA) is 94.6 Å². The van der Waals surface area contributed by atoms with Gasteiger partial charge >= 0.3 is 0 Å². The highest BCUT2D eigenvalue weighted by molar-refractivity contribution is 5.94. The molecule has 2 aromatic heterocycles. The third kappa shape index (κ3) is 2.77. The van der Waals surface area contributed by atoms with Crippen LogP contribution < -0.4 is 0 Å². The van der Waals surface area contributed by atoms with Crippen molar-refractivity contribution < 1.29 is 4.79 Å². The van der Waals surface area contributed by atoms with E-state index in [1.165, 1.54) is 6.33 Å². The largest absolute Gasteiger partial charge is 0.329 e. The van der Waals surface area contributed by atoms with E-state index in [4.69, 9.17) is 0 Å². The van der Waals surface area contributed by atoms with Crippen molar-refractivity contribution in [3.8, 4) is 5.69 Å². The number of carbonyl (C=O) groups excluding carboxylic acids is 1. The molecule has 0 radical (unpaired) electrons. The average Bonchev–Trinajstić information content (AvgIpc) is 3.30. The summed E-state index contributed by atoms with van der Waals surface area (Å²) in [6.07, 6.45) is 1.51. The molecule has 0 bridgehead atoms. The predicted molar refractivity (Wildman–Crippen MR) is 88.0 cm³/mol. The summed E-state index contributed by atoms with van der Waals surface area (Å²) in [6.45, 7) is 6.05. The van der Waals surface area contributed by atoms with Crippen molar-refractivity contribution in [1.82, 2.24) is 39.9 Å². The third-order valence-electron chi connectivity index (χ3n) is 4.31. The molecule has 0 spiro atoms. The van der Waals surface area contributed by atoms with Gasteiger partial charge in [-0.15, -0.1) is 15.3 Å². The molecule has 0 atom stereocenters. The number of carbonyl (C=O) groups is 1. The lowest BCUT2D eigenvalue weighted by Gasteiger charge is -2.28. The highest BCUT2D eigenvalue weighted by Crippen LogP contribution is 2.20. The van der Waals surface area contributed by atoms with Crippen LogP contribution in [0.3, 0.4) is 0 Å². The van der Waals surface area contributed by atoms with Crippen LogP contribution in [0.4, 0.5) is 0 Å². The standard InChI is InChI=1S/C16H18N8O/c1-11(2)15-19-18-14-9-22(7-8-23(14)15)16(25)12-3-5-13(6-4-12)24-10-17-20-21-24/h3-6,10-11H,7-9H2,1-2H3. The maximum absolute atomic E-state index is 12.8. The first-order valence-electron chi connectivity index (χ1n) is 8.18. The van der Waals surface area contributed by atoms with Crippen LogP contribution in [0.5, 0.6) is 0 Å². The van der Waals surface area contributed by atoms with Gasteiger partial charge in [-0.05, 0) is 34.7 Å². The van der Waals surface area contributed by atoms with E-state index in [-0.39, 0.29) is 5.91 Å². The minimum absolute atomic E-state index is 0.0105. The van der Waals surface area contributed by atoms with Crippen molar-refractivity contribution in [2.75, 3.05) is 6.54 Å². The fourth-order valence-electron chi connectivity index (χ4n) is 3.00. The second-order valence-corrected chi connectivity index (χ2v) is 6.31. The summed E-state index contributed by atoms with van der Waals surface area (Å²) < 4.78 is 3.67. The van der Waals surface area contributed by atoms with Crippen LogP contribution in [-0.4, -0.2) is 52.3 Å². The summed E-state index contributed by atoms with van der Waals surface area (Å²) in [6, 6.07) is 7.23. The minimum atomic E-state index is -0.0105. The number of hydrogen-bond donors (Lipinski definition) is 0. The summed E-state index contributed by atoms with van der Waals surface area (Å²) in [5, 5.41) is 19.6. The Labute approximate surface area is 144 Å². The molecule has 1 aromatic carbocycles. The van der Waals surface area contributed by atoms with Gasteiger partial charge in [-0.1, -0.05) is 13.8 Å². The van der Waals surface area contributed by atoms with E-state index < -0.39 is 0 Å². The number of fused-ring (bicyclic) bond motifs is 1. The van der Waals surface area contributed by atoms with Crippen LogP contribution in [0.25, 0.3) is 5.69 Å². The molecule has 9 nitrogen and oxygen atoms in total. The highest BCUT2D eigenvalue weighted by Gasteiger charge is 2.25. The van der Waals surface area contributed by atoms with Crippen LogP contribution in [0.2, 0.25) is 0 Å². The lowest BCUT2D eigenvalue weighted by molar-refractivity contribution is 0.0706. The van der Waals surface area contributed by atoms with Gasteiger partial charge < -0.3 is 9.47 Å². The van der Waals surface area contributed by atoms with Crippen molar-refractivity contribution >= 4 is 5.91 Å². The fraction of sp³-hybridized carbons (Fsp3) is 0.375. The monoisotopic (exact) mass is 338 g/mol. The molecular formula is C16H18N8O. The molecule has 3 aromatic rings. The van der Waals surface area contributed by atoms with Crippen LogP contribution in [0.15, 0.2) is 30.6 Å². The molecule has 0 N–H and O–H groups in total. The lowest BCUT2D eigenvalue weighted by Crippen LogP contribution is -2.38. The average molecular weight is 338 g/mol. The molecule has 128 valence electrons. The second kappa shape index (κ2) is 6.08. The van der Waals surface area contributed by atoms with E-state index in [0.717, 1.165) is 23.9 Å². The Morgan fingerprint density at radius 3 is 2.60 bits per heavy atom. The molecule has 0 fully saturated rings. The van der Waals surface area contributed by atoms with E-state index in [1.807, 2.05) is 12.1 Å². The number of hydrogen-bond acceptors (Lipinski definition) is 6. The third-order valence-corrected chi connectivity index (χ3v) is 4.31. The number of nitrogens with zero attached hydrogens (tertiary/aromatic N) is 8. The maximum atomic E-state index is 12.8. The van der Waals surface area contributed by atoms with Crippen molar-refractivity contribution in [1.29, 1.82) is 0 Å². The first-order chi connectivity index (χ1) is 12.1. The molecular weight excluding hydrogens is 320 g/mol. The molecule has 0 saturated carbocycles. The number of rotatable bonds is 3. The molecule has 4 rings (SSSR count). The number of benzene rings is 1. The quantitative estimate of drug-likeness (QED) is 0.708. The minimum Gasteiger partial charge on any atom is -0.329 e. The Hall–Kier alpha value is -3.10. The van der Waals surface area contributed by atoms with E-state index >= 15 is 0 Å². The van der Waals surface area contributed by atoms with Crippen LogP contribution in [0, 0.1) is 0 Å². The van der Waals surface area contributed by atoms with Crippen LogP contribution in [-0.2, 0) is 13.1 Å². The molecule has 1 aliphatic rings. The van der Waals surface area contributed by atoms with Gasteiger partial charge in [0.05, 0.1) is 12.2 Å². The van der Waals surface area contributed by atoms with Crippen LogP contribution >= 0.6 is 0 Å². The zero-order valence-electron chi connectivity index (χ0n) is 14.1. The molecule has 0 unspecified atom stereocenters. The van der Waals surface area contributed by atoms with Gasteiger partial charge in [-0.3, -0.25) is 4.79 Å². The molecule has 3 heterocycles. The zero-order chi connectivity index (χ0) is 17.4. The first kappa shape index (κ1) is 15.4. The van der Waals surface area contributed by atoms with Gasteiger partial charge in [-0.25, -0.2) is 4.68 Å². The van der Waals surface area contributed by atoms with E-state index in [0.29, 0.717) is 24.6 Å². The SMILES string of the molecule is CC(C)c1nnc2n1CCN(C(=O)c1ccc(-n3cnnn3)cc1)C2. The van der Waals surface area contributed by atoms with Gasteiger partial charge in [0, 0.05) is 24.6 Å². The maximum Gasteiger partial charge on any atom is 0.254 e. The Bertz CT molecular complexity index is 882. The Morgan fingerprint density at radius 2 is 1.92 bits per heavy atom. The summed E-state index contributed by atoms with van der Waals surface area (Å²) in [4.78, 5) is 14.6. The predicted octanol–water partition coefficient (Wildman–Crippen LogP) is 1.03. The normalized spacial score (nSPS) is 14.0. The first-order valence-corrected chi connectivity index (χ1v) is 8.18. The van der Waals surface area contributed by atoms with Crippen molar-refractivity contribution in [3.63, 3.8) is 0 Å². The van der Waals surface area contributed by atoms with E-state index in [9.17, 15) is 4.79 Å². The summed E-state index contributed by atoms with van der Waals surface area (Å²) in [5.74, 6) is 2.13. The van der Waals surface area contributed by atoms with Crippen molar-refractivity contribution in [2.24, 2.45) is 0 Å². The van der Waals surface area contributed by atoms with E-state index in [2.05, 4.69) is 44.1 Å². The summed E-state index contributed by atoms with van der Waals surface area (Å²) >= 11 is 0. The van der Waals surface area contributed by atoms with Crippen LogP contribution in [0.1, 0.15) is 41.8 Å². The van der Waals surface area contributed by atoms with Gasteiger partial charge in [-0.2, -0.15) is 0 Å². The molecule has 1 amide bonds. The second-order valence-electron chi connectivity index (χ2n) is 6.31. The molecule has 0 aliphatic carbocycles. The fourth-order valence-corrected chi connectivity index (χ4v) is 3.00. The lowest BCUT2D eigenvalue weighted by atomic mass is 10.1. The molecule has 25 heavy (non-hydrogen) atoms. The number of aromatic nitrogens is 7. The smallest absolute Gasteiger partial charge is 0.254 e. The Morgan fingerprint density at radius 1 is 1.12 bits per heavy atom. The van der Waals surface area contributed by atoms with Gasteiger partial charge in [0.25, 0.3) is 5.91 Å². The Kier molecular flexibility index (Phi) is 3.75. The summed E-state index contributed by atoms with van der Waals surface area (Å²) in [7, 11) is 0. The van der Waals surface area contributed by atoms with Crippen molar-refractivity contribution in [2.45, 2.75) is 32.9 Å². The zero-order valence-corrected chi connectivity index (χ0v) is 14.1. The number of tetrazole rings is 1. The molecule has 9 heteroatoms. The highest BCUT2D eigenvalue weighted by atomic mass is 16.2. The molecule has 1 aliphatic heterocycles. The summed E-state index contributed by atoms with van der Waals surface area (Å²) in [5.41, 5.74) is 1.44. The van der Waals surface area contributed by atoms with Gasteiger partial charge in [0.15, 0.2) is 5.82 Å². The van der Waals surface area contributed by atoms with Gasteiger partial charge in [0.1, 0.15) is 12.2 Å². The van der Waals surface area contributed by atoms with Crippen molar-refractivity contribution in [3.05, 3.63) is 47.8 Å². The van der Waals surface area contributed by atoms with Gasteiger partial charge in [0.2, 0.25) is 0 Å². The molecule has 0 saturated heterocycles. The van der Waals surface area contributed by atoms with E-state index in [1.54, 1.807) is 21.7 Å². The Balaban J connectivity index is 1.51. The number of amides is 1.